The summed E-state index contributed by atoms with van der Waals surface area (Å²) in [7, 11) is 0. The van der Waals surface area contributed by atoms with Gasteiger partial charge < -0.3 is 10.2 Å². The van der Waals surface area contributed by atoms with Gasteiger partial charge in [-0.3, -0.25) is 4.98 Å². The van der Waals surface area contributed by atoms with Crippen molar-refractivity contribution in [2.24, 2.45) is 5.92 Å². The number of benzene rings is 1. The molecule has 1 saturated heterocycles. The monoisotopic (exact) mass is 309 g/mol. The maximum Gasteiger partial charge on any atom is 0.0397 e. The molecule has 0 unspecified atom stereocenters. The van der Waals surface area contributed by atoms with Crippen LogP contribution in [0.4, 0.5) is 5.69 Å². The van der Waals surface area contributed by atoms with Crippen molar-refractivity contribution < 1.29 is 0 Å². The minimum atomic E-state index is 0.859. The van der Waals surface area contributed by atoms with E-state index in [1.54, 1.807) is 0 Å². The molecule has 3 heteroatoms. The van der Waals surface area contributed by atoms with E-state index in [4.69, 9.17) is 0 Å². The lowest BCUT2D eigenvalue weighted by Gasteiger charge is -2.33. The number of anilines is 1. The Kier molecular flexibility index (Phi) is 5.65. The molecule has 1 aliphatic heterocycles. The highest BCUT2D eigenvalue weighted by molar-refractivity contribution is 5.44. The second kappa shape index (κ2) is 8.11. The molecule has 2 heterocycles. The van der Waals surface area contributed by atoms with Gasteiger partial charge in [-0.25, -0.2) is 0 Å². The Morgan fingerprint density at radius 2 is 1.83 bits per heavy atom. The van der Waals surface area contributed by atoms with E-state index in [-0.39, 0.29) is 0 Å². The van der Waals surface area contributed by atoms with Gasteiger partial charge in [0.15, 0.2) is 0 Å². The third kappa shape index (κ3) is 4.55. The topological polar surface area (TPSA) is 28.2 Å². The van der Waals surface area contributed by atoms with Gasteiger partial charge in [0.05, 0.1) is 0 Å². The van der Waals surface area contributed by atoms with Crippen molar-refractivity contribution in [3.63, 3.8) is 0 Å². The normalized spacial score (nSPS) is 15.8. The van der Waals surface area contributed by atoms with Gasteiger partial charge in [-0.15, -0.1) is 0 Å². The zero-order valence-electron chi connectivity index (χ0n) is 14.0. The van der Waals surface area contributed by atoms with Gasteiger partial charge in [-0.05, 0) is 61.9 Å². The zero-order chi connectivity index (χ0) is 15.9. The molecule has 0 bridgehead atoms. The molecule has 0 atom stereocenters. The minimum absolute atomic E-state index is 0.859. The van der Waals surface area contributed by atoms with Gasteiger partial charge in [-0.2, -0.15) is 0 Å². The highest BCUT2D eigenvalue weighted by atomic mass is 15.1. The van der Waals surface area contributed by atoms with Crippen molar-refractivity contribution in [1.82, 2.24) is 10.3 Å². The maximum atomic E-state index is 4.10. The van der Waals surface area contributed by atoms with Crippen molar-refractivity contribution in [3.8, 4) is 0 Å². The summed E-state index contributed by atoms with van der Waals surface area (Å²) in [5.41, 5.74) is 4.11. The van der Waals surface area contributed by atoms with Crippen LogP contribution >= 0.6 is 0 Å². The van der Waals surface area contributed by atoms with Gasteiger partial charge in [0.25, 0.3) is 0 Å². The van der Waals surface area contributed by atoms with Crippen LogP contribution in [0.25, 0.3) is 0 Å². The minimum Gasteiger partial charge on any atom is -0.371 e. The number of aryl methyl sites for hydroxylation is 1. The largest absolute Gasteiger partial charge is 0.371 e. The van der Waals surface area contributed by atoms with Crippen LogP contribution in [-0.2, 0) is 6.54 Å². The number of rotatable bonds is 6. The summed E-state index contributed by atoms with van der Waals surface area (Å²) < 4.78 is 0. The van der Waals surface area contributed by atoms with E-state index in [2.05, 4.69) is 58.5 Å². The molecule has 23 heavy (non-hydrogen) atoms. The molecule has 0 saturated carbocycles. The van der Waals surface area contributed by atoms with Gasteiger partial charge in [-0.1, -0.05) is 24.3 Å². The Morgan fingerprint density at radius 1 is 1.09 bits per heavy atom. The van der Waals surface area contributed by atoms with Crippen LogP contribution in [0.15, 0.2) is 48.8 Å². The molecule has 1 N–H and O–H groups in total. The number of hydrogen-bond acceptors (Lipinski definition) is 3. The lowest BCUT2D eigenvalue weighted by Crippen LogP contribution is -2.34. The second-order valence-electron chi connectivity index (χ2n) is 6.53. The van der Waals surface area contributed by atoms with Gasteiger partial charge in [0, 0.05) is 37.7 Å². The lowest BCUT2D eigenvalue weighted by atomic mass is 9.93. The molecule has 3 nitrogen and oxygen atoms in total. The maximum absolute atomic E-state index is 4.10. The van der Waals surface area contributed by atoms with Gasteiger partial charge in [0.2, 0.25) is 0 Å². The van der Waals surface area contributed by atoms with Crippen molar-refractivity contribution in [2.45, 2.75) is 32.7 Å². The van der Waals surface area contributed by atoms with Crippen LogP contribution in [0.1, 0.15) is 30.4 Å². The lowest BCUT2D eigenvalue weighted by molar-refractivity contribution is 0.373. The van der Waals surface area contributed by atoms with Crippen molar-refractivity contribution in [1.29, 1.82) is 0 Å². The highest BCUT2D eigenvalue weighted by Crippen LogP contribution is 2.24. The third-order valence-electron chi connectivity index (χ3n) is 4.95. The summed E-state index contributed by atoms with van der Waals surface area (Å²) in [6.45, 7) is 6.64. The van der Waals surface area contributed by atoms with Crippen molar-refractivity contribution in [2.75, 3.05) is 24.5 Å². The average molecular weight is 309 g/mol. The Labute approximate surface area is 139 Å². The van der Waals surface area contributed by atoms with Crippen LogP contribution in [0.2, 0.25) is 0 Å². The van der Waals surface area contributed by atoms with E-state index in [0.29, 0.717) is 0 Å². The third-order valence-corrected chi connectivity index (χ3v) is 4.95. The van der Waals surface area contributed by atoms with Crippen LogP contribution in [-0.4, -0.2) is 24.6 Å². The summed E-state index contributed by atoms with van der Waals surface area (Å²) >= 11 is 0. The zero-order valence-corrected chi connectivity index (χ0v) is 14.0. The Hall–Kier alpha value is -1.87. The molecule has 1 aromatic carbocycles. The Bertz CT molecular complexity index is 589. The fraction of sp³-hybridized carbons (Fsp3) is 0.450. The number of piperidine rings is 1. The Balaban J connectivity index is 1.36. The smallest absolute Gasteiger partial charge is 0.0397 e. The van der Waals surface area contributed by atoms with E-state index in [1.807, 2.05) is 12.4 Å². The molecule has 1 fully saturated rings. The van der Waals surface area contributed by atoms with Crippen LogP contribution in [0, 0.1) is 12.8 Å². The van der Waals surface area contributed by atoms with E-state index in [1.165, 1.54) is 49.2 Å². The fourth-order valence-corrected chi connectivity index (χ4v) is 3.37. The molecule has 3 rings (SSSR count). The molecule has 0 aliphatic carbocycles. The number of hydrogen-bond donors (Lipinski definition) is 1. The number of aromatic nitrogens is 1. The summed E-state index contributed by atoms with van der Waals surface area (Å²) in [5, 5.41) is 3.61. The van der Waals surface area contributed by atoms with E-state index in [0.717, 1.165) is 19.0 Å². The molecule has 0 spiro atoms. The van der Waals surface area contributed by atoms with Crippen molar-refractivity contribution >= 4 is 5.69 Å². The fourth-order valence-electron chi connectivity index (χ4n) is 3.37. The molecule has 122 valence electrons. The van der Waals surface area contributed by atoms with Crippen molar-refractivity contribution in [3.05, 3.63) is 59.9 Å². The van der Waals surface area contributed by atoms with Crippen LogP contribution in [0.5, 0.6) is 0 Å². The molecule has 0 radical (unpaired) electrons. The first kappa shape index (κ1) is 16.0. The summed E-state index contributed by atoms with van der Waals surface area (Å²) in [6, 6.07) is 12.9. The first-order chi connectivity index (χ1) is 11.3. The standard InChI is InChI=1S/C20H27N3/c1-17-4-2-3-5-19(17)16-22-11-6-18-9-14-23(15-10-18)20-7-12-21-13-8-20/h2-5,7-8,12-13,18,22H,6,9-11,14-16H2,1H3. The van der Waals surface area contributed by atoms with E-state index >= 15 is 0 Å². The number of pyridine rings is 1. The molecule has 1 aromatic heterocycles. The Morgan fingerprint density at radius 3 is 2.57 bits per heavy atom. The quantitative estimate of drug-likeness (QED) is 0.823. The summed E-state index contributed by atoms with van der Waals surface area (Å²) in [6.07, 6.45) is 7.66. The number of nitrogens with zero attached hydrogens (tertiary/aromatic N) is 2. The summed E-state index contributed by atoms with van der Waals surface area (Å²) in [4.78, 5) is 6.59. The average Bonchev–Trinajstić information content (AvgIpc) is 2.61. The predicted octanol–water partition coefficient (Wildman–Crippen LogP) is 3.79. The van der Waals surface area contributed by atoms with Crippen LogP contribution < -0.4 is 10.2 Å². The molecular formula is C20H27N3. The highest BCUT2D eigenvalue weighted by Gasteiger charge is 2.18. The predicted molar refractivity (Wildman–Crippen MR) is 96.7 cm³/mol. The second-order valence-corrected chi connectivity index (χ2v) is 6.53. The SMILES string of the molecule is Cc1ccccc1CNCCC1CCN(c2ccncc2)CC1. The molecule has 2 aromatic rings. The summed E-state index contributed by atoms with van der Waals surface area (Å²) in [5.74, 6) is 0.859. The van der Waals surface area contributed by atoms with E-state index in [9.17, 15) is 0 Å². The van der Waals surface area contributed by atoms with Gasteiger partial charge in [0.1, 0.15) is 0 Å². The molecule has 0 amide bonds. The van der Waals surface area contributed by atoms with Crippen LogP contribution in [0.3, 0.4) is 0 Å². The van der Waals surface area contributed by atoms with E-state index < -0.39 is 0 Å². The molecular weight excluding hydrogens is 282 g/mol. The first-order valence-electron chi connectivity index (χ1n) is 8.73. The number of nitrogens with one attached hydrogen (secondary N) is 1. The molecule has 1 aliphatic rings. The van der Waals surface area contributed by atoms with Gasteiger partial charge >= 0.3 is 0 Å². The first-order valence-corrected chi connectivity index (χ1v) is 8.73.